The zero-order chi connectivity index (χ0) is 18.6. The molecule has 0 unspecified atom stereocenters. The molecule has 0 spiro atoms. The molecule has 0 aliphatic carbocycles. The van der Waals surface area contributed by atoms with Crippen molar-refractivity contribution in [2.75, 3.05) is 0 Å². The molecule has 0 atom stereocenters. The van der Waals surface area contributed by atoms with Gasteiger partial charge in [-0.1, -0.05) is 30.3 Å². The molecule has 6 heteroatoms. The van der Waals surface area contributed by atoms with Crippen molar-refractivity contribution < 1.29 is 23.5 Å². The van der Waals surface area contributed by atoms with Crippen LogP contribution in [-0.2, 0) is 9.53 Å². The molecule has 0 N–H and O–H groups in total. The molecule has 2 aromatic carbocycles. The third-order valence-corrected chi connectivity index (χ3v) is 3.76. The largest absolute Gasteiger partial charge is 0.457 e. The maximum Gasteiger partial charge on any atom is 0.379 e. The van der Waals surface area contributed by atoms with E-state index in [1.54, 1.807) is 36.4 Å². The molecule has 0 saturated heterocycles. The molecule has 0 radical (unpaired) electrons. The van der Waals surface area contributed by atoms with Crippen LogP contribution in [0.4, 0.5) is 0 Å². The van der Waals surface area contributed by atoms with Gasteiger partial charge in [-0.25, -0.2) is 14.6 Å². The van der Waals surface area contributed by atoms with Crippen LogP contribution in [0.2, 0.25) is 0 Å². The number of hydrogen-bond acceptors (Lipinski definition) is 6. The van der Waals surface area contributed by atoms with Crippen molar-refractivity contribution >= 4 is 23.9 Å². The third kappa shape index (κ3) is 3.69. The van der Waals surface area contributed by atoms with Gasteiger partial charge in [-0.3, -0.25) is 0 Å². The Labute approximate surface area is 154 Å². The Kier molecular flexibility index (Phi) is 4.37. The molecule has 3 aromatic rings. The van der Waals surface area contributed by atoms with Crippen LogP contribution in [-0.4, -0.2) is 17.8 Å². The summed E-state index contributed by atoms with van der Waals surface area (Å²) in [6, 6.07) is 19.0. The van der Waals surface area contributed by atoms with Gasteiger partial charge in [0.25, 0.3) is 0 Å². The Hall–Kier alpha value is -3.93. The quantitative estimate of drug-likeness (QED) is 0.402. The number of ether oxygens (including phenoxy) is 2. The molecule has 2 heterocycles. The summed E-state index contributed by atoms with van der Waals surface area (Å²) in [5.74, 6) is -0.334. The van der Waals surface area contributed by atoms with E-state index in [1.807, 2.05) is 30.3 Å². The highest BCUT2D eigenvalue weighted by Crippen LogP contribution is 2.21. The number of aliphatic imine (C=N–C) groups is 1. The van der Waals surface area contributed by atoms with Crippen molar-refractivity contribution in [2.45, 2.75) is 0 Å². The van der Waals surface area contributed by atoms with Gasteiger partial charge < -0.3 is 13.9 Å². The molecule has 0 saturated carbocycles. The smallest absolute Gasteiger partial charge is 0.379 e. The van der Waals surface area contributed by atoms with E-state index in [0.717, 1.165) is 11.1 Å². The lowest BCUT2D eigenvalue weighted by atomic mass is 10.2. The molecule has 0 fully saturated rings. The van der Waals surface area contributed by atoms with Crippen molar-refractivity contribution in [2.24, 2.45) is 4.99 Å². The Morgan fingerprint density at radius 3 is 2.44 bits per heavy atom. The molecular formula is C21H13NO5. The predicted molar refractivity (Wildman–Crippen MR) is 97.2 cm³/mol. The predicted octanol–water partition coefficient (Wildman–Crippen LogP) is 3.84. The molecule has 1 aromatic heterocycles. The fourth-order valence-corrected chi connectivity index (χ4v) is 2.46. The Bertz CT molecular complexity index is 1030. The first-order chi connectivity index (χ1) is 13.2. The Morgan fingerprint density at radius 1 is 0.963 bits per heavy atom. The minimum absolute atomic E-state index is 0.123. The maximum atomic E-state index is 12.0. The van der Waals surface area contributed by atoms with Gasteiger partial charge in [0.05, 0.1) is 6.26 Å². The van der Waals surface area contributed by atoms with Gasteiger partial charge in [-0.2, -0.15) is 0 Å². The third-order valence-electron chi connectivity index (χ3n) is 3.76. The standard InChI is InChI=1S/C21H13NO5/c23-20-17(22-19(27-20)15-5-2-1-3-6-15)13-14-8-10-16(11-9-14)26-21(24)18-7-4-12-25-18/h1-13H. The Morgan fingerprint density at radius 2 is 1.74 bits per heavy atom. The number of benzene rings is 2. The second-order valence-electron chi connectivity index (χ2n) is 5.64. The van der Waals surface area contributed by atoms with Gasteiger partial charge in [-0.15, -0.1) is 0 Å². The van der Waals surface area contributed by atoms with Crippen molar-refractivity contribution in [1.29, 1.82) is 0 Å². The van der Waals surface area contributed by atoms with Crippen LogP contribution in [0.3, 0.4) is 0 Å². The van der Waals surface area contributed by atoms with Crippen molar-refractivity contribution in [3.8, 4) is 5.75 Å². The van der Waals surface area contributed by atoms with E-state index in [2.05, 4.69) is 4.99 Å². The number of carbonyl (C=O) groups excluding carboxylic acids is 2. The van der Waals surface area contributed by atoms with Crippen molar-refractivity contribution in [1.82, 2.24) is 0 Å². The van der Waals surface area contributed by atoms with E-state index < -0.39 is 11.9 Å². The minimum atomic E-state index is -0.581. The fraction of sp³-hybridized carbons (Fsp3) is 0. The lowest BCUT2D eigenvalue weighted by Gasteiger charge is -2.02. The van der Waals surface area contributed by atoms with Crippen molar-refractivity contribution in [3.05, 3.63) is 95.6 Å². The number of cyclic esters (lactones) is 1. The van der Waals surface area contributed by atoms with Crippen LogP contribution >= 0.6 is 0 Å². The Balaban J connectivity index is 1.50. The van der Waals surface area contributed by atoms with E-state index in [0.29, 0.717) is 5.75 Å². The second kappa shape index (κ2) is 7.13. The number of furan rings is 1. The average molecular weight is 359 g/mol. The first-order valence-corrected chi connectivity index (χ1v) is 8.13. The summed E-state index contributed by atoms with van der Waals surface area (Å²) in [5.41, 5.74) is 1.65. The van der Waals surface area contributed by atoms with E-state index in [9.17, 15) is 9.59 Å². The molecule has 27 heavy (non-hydrogen) atoms. The van der Waals surface area contributed by atoms with Gasteiger partial charge >= 0.3 is 11.9 Å². The number of carbonyl (C=O) groups is 2. The lowest BCUT2D eigenvalue weighted by Crippen LogP contribution is -2.06. The maximum absolute atomic E-state index is 12.0. The highest BCUT2D eigenvalue weighted by atomic mass is 16.6. The van der Waals surface area contributed by atoms with Gasteiger partial charge in [0.1, 0.15) is 5.75 Å². The van der Waals surface area contributed by atoms with Crippen LogP contribution in [0, 0.1) is 0 Å². The first kappa shape index (κ1) is 16.5. The molecule has 6 nitrogen and oxygen atoms in total. The van der Waals surface area contributed by atoms with Crippen LogP contribution < -0.4 is 4.74 Å². The summed E-state index contributed by atoms with van der Waals surface area (Å²) in [4.78, 5) is 28.1. The number of nitrogens with zero attached hydrogens (tertiary/aromatic N) is 1. The van der Waals surface area contributed by atoms with Gasteiger partial charge in [0.15, 0.2) is 5.70 Å². The minimum Gasteiger partial charge on any atom is -0.457 e. The summed E-state index contributed by atoms with van der Waals surface area (Å²) in [6.45, 7) is 0. The van der Waals surface area contributed by atoms with Gasteiger partial charge in [0.2, 0.25) is 11.7 Å². The number of hydrogen-bond donors (Lipinski definition) is 0. The van der Waals surface area contributed by atoms with E-state index >= 15 is 0 Å². The van der Waals surface area contributed by atoms with Gasteiger partial charge in [0, 0.05) is 5.56 Å². The molecule has 0 bridgehead atoms. The summed E-state index contributed by atoms with van der Waals surface area (Å²) in [6.07, 6.45) is 3.01. The first-order valence-electron chi connectivity index (χ1n) is 8.13. The zero-order valence-electron chi connectivity index (χ0n) is 14.0. The SMILES string of the molecule is O=C1OC(c2ccccc2)=NC1=Cc1ccc(OC(=O)c2ccco2)cc1. The fourth-order valence-electron chi connectivity index (χ4n) is 2.46. The average Bonchev–Trinajstić information content (AvgIpc) is 3.35. The topological polar surface area (TPSA) is 78.1 Å². The van der Waals surface area contributed by atoms with E-state index in [1.165, 1.54) is 12.3 Å². The van der Waals surface area contributed by atoms with Crippen LogP contribution in [0.15, 0.2) is 88.1 Å². The molecular weight excluding hydrogens is 346 g/mol. The van der Waals surface area contributed by atoms with Gasteiger partial charge in [-0.05, 0) is 48.0 Å². The summed E-state index contributed by atoms with van der Waals surface area (Å²) in [7, 11) is 0. The monoisotopic (exact) mass is 359 g/mol. The van der Waals surface area contributed by atoms with Crippen LogP contribution in [0.1, 0.15) is 21.7 Å². The lowest BCUT2D eigenvalue weighted by molar-refractivity contribution is -0.129. The molecule has 1 aliphatic rings. The van der Waals surface area contributed by atoms with Crippen LogP contribution in [0.5, 0.6) is 5.75 Å². The van der Waals surface area contributed by atoms with Crippen molar-refractivity contribution in [3.63, 3.8) is 0 Å². The highest BCUT2D eigenvalue weighted by Gasteiger charge is 2.23. The normalized spacial score (nSPS) is 14.7. The molecule has 4 rings (SSSR count). The molecule has 1 aliphatic heterocycles. The summed E-state index contributed by atoms with van der Waals surface area (Å²) >= 11 is 0. The highest BCUT2D eigenvalue weighted by molar-refractivity contribution is 6.12. The second-order valence-corrected chi connectivity index (χ2v) is 5.64. The molecule has 132 valence electrons. The summed E-state index contributed by atoms with van der Waals surface area (Å²) < 4.78 is 15.4. The van der Waals surface area contributed by atoms with E-state index in [-0.39, 0.29) is 17.4 Å². The van der Waals surface area contributed by atoms with Crippen LogP contribution in [0.25, 0.3) is 6.08 Å². The number of esters is 2. The zero-order valence-corrected chi connectivity index (χ0v) is 14.0. The number of rotatable bonds is 4. The van der Waals surface area contributed by atoms with E-state index in [4.69, 9.17) is 13.9 Å². The summed E-state index contributed by atoms with van der Waals surface area (Å²) in [5, 5.41) is 0. The molecule has 0 amide bonds.